The zero-order valence-corrected chi connectivity index (χ0v) is 13.9. The third-order valence-corrected chi connectivity index (χ3v) is 4.54. The molecular weight excluding hydrogens is 346 g/mol. The molecule has 4 rings (SSSR count). The molecule has 7 nitrogen and oxygen atoms in total. The summed E-state index contributed by atoms with van der Waals surface area (Å²) in [5.74, 6) is 0.460. The van der Waals surface area contributed by atoms with E-state index in [0.29, 0.717) is 29.9 Å². The highest BCUT2D eigenvalue weighted by Gasteiger charge is 2.38. The molecule has 2 aromatic rings. The Morgan fingerprint density at radius 3 is 2.96 bits per heavy atom. The number of anilines is 1. The van der Waals surface area contributed by atoms with E-state index >= 15 is 0 Å². The van der Waals surface area contributed by atoms with E-state index in [4.69, 9.17) is 9.47 Å². The average molecular weight is 362 g/mol. The van der Waals surface area contributed by atoms with Crippen LogP contribution in [0.4, 0.5) is 14.7 Å². The standard InChI is InChI=1S/C17H16F2N4O3/c1-25-12-7-2-4-9(15(12)26-16(18)19)14-13-10(5-3-6-11(13)24)22-17-20-8-21-23(14)17/h2,4,7-8,14,16H,3,5-6H2,1H3,(H,20,21,22)/t14-/m0/s1. The van der Waals surface area contributed by atoms with Gasteiger partial charge in [-0.25, -0.2) is 4.68 Å². The number of carbonyl (C=O) groups is 1. The lowest BCUT2D eigenvalue weighted by atomic mass is 9.85. The Morgan fingerprint density at radius 2 is 2.19 bits per heavy atom. The minimum absolute atomic E-state index is 0.0456. The van der Waals surface area contributed by atoms with E-state index in [-0.39, 0.29) is 17.3 Å². The van der Waals surface area contributed by atoms with Crippen molar-refractivity contribution < 1.29 is 23.0 Å². The number of benzene rings is 1. The van der Waals surface area contributed by atoms with Gasteiger partial charge in [-0.1, -0.05) is 12.1 Å². The number of allylic oxidation sites excluding steroid dienone is 2. The van der Waals surface area contributed by atoms with E-state index in [1.165, 1.54) is 24.2 Å². The zero-order valence-electron chi connectivity index (χ0n) is 13.9. The van der Waals surface area contributed by atoms with Gasteiger partial charge in [0.1, 0.15) is 12.4 Å². The van der Waals surface area contributed by atoms with Crippen LogP contribution in [0, 0.1) is 0 Å². The summed E-state index contributed by atoms with van der Waals surface area (Å²) in [6.07, 6.45) is 3.16. The molecule has 0 saturated heterocycles. The first-order chi connectivity index (χ1) is 12.6. The Labute approximate surface area is 147 Å². The first-order valence-corrected chi connectivity index (χ1v) is 8.14. The second-order valence-electron chi connectivity index (χ2n) is 5.98. The van der Waals surface area contributed by atoms with Gasteiger partial charge in [-0.2, -0.15) is 18.9 Å². The number of Topliss-reactive ketones (excluding diaryl/α,β-unsaturated/α-hetero) is 1. The van der Waals surface area contributed by atoms with Gasteiger partial charge in [0.05, 0.1) is 7.11 Å². The number of nitrogens with zero attached hydrogens (tertiary/aromatic N) is 3. The zero-order chi connectivity index (χ0) is 18.3. The summed E-state index contributed by atoms with van der Waals surface area (Å²) in [4.78, 5) is 16.8. The Hall–Kier alpha value is -2.97. The number of ether oxygens (including phenoxy) is 2. The number of methoxy groups -OCH3 is 1. The van der Waals surface area contributed by atoms with Crippen molar-refractivity contribution in [1.82, 2.24) is 14.8 Å². The van der Waals surface area contributed by atoms with E-state index in [0.717, 1.165) is 12.1 Å². The summed E-state index contributed by atoms with van der Waals surface area (Å²) < 4.78 is 37.5. The number of halogens is 2. The van der Waals surface area contributed by atoms with E-state index in [9.17, 15) is 13.6 Å². The maximum Gasteiger partial charge on any atom is 0.387 e. The highest BCUT2D eigenvalue weighted by atomic mass is 19.3. The minimum atomic E-state index is -3.03. The predicted molar refractivity (Wildman–Crippen MR) is 87.3 cm³/mol. The van der Waals surface area contributed by atoms with Crippen LogP contribution in [-0.4, -0.2) is 34.3 Å². The lowest BCUT2D eigenvalue weighted by molar-refractivity contribution is -0.116. The predicted octanol–water partition coefficient (Wildman–Crippen LogP) is 2.91. The van der Waals surface area contributed by atoms with Gasteiger partial charge in [0.25, 0.3) is 0 Å². The van der Waals surface area contributed by atoms with Gasteiger partial charge in [0, 0.05) is 23.3 Å². The first kappa shape index (κ1) is 16.5. The number of nitrogens with one attached hydrogen (secondary N) is 1. The van der Waals surface area contributed by atoms with Crippen molar-refractivity contribution in [1.29, 1.82) is 0 Å². The lowest BCUT2D eigenvalue weighted by Gasteiger charge is -2.33. The fraction of sp³-hybridized carbons (Fsp3) is 0.353. The maximum absolute atomic E-state index is 13.0. The minimum Gasteiger partial charge on any atom is -0.493 e. The lowest BCUT2D eigenvalue weighted by Crippen LogP contribution is -2.32. The normalized spacial score (nSPS) is 19.1. The van der Waals surface area contributed by atoms with E-state index in [1.807, 2.05) is 0 Å². The van der Waals surface area contributed by atoms with Crippen LogP contribution in [0.15, 0.2) is 35.8 Å². The molecule has 2 aliphatic rings. The molecule has 1 aliphatic carbocycles. The summed E-state index contributed by atoms with van der Waals surface area (Å²) in [7, 11) is 1.37. The second kappa shape index (κ2) is 6.40. The summed E-state index contributed by atoms with van der Waals surface area (Å²) in [5, 5.41) is 7.31. The second-order valence-corrected chi connectivity index (χ2v) is 5.98. The Bertz CT molecular complexity index is 894. The smallest absolute Gasteiger partial charge is 0.387 e. The number of hydrogen-bond donors (Lipinski definition) is 1. The van der Waals surface area contributed by atoms with Gasteiger partial charge >= 0.3 is 6.61 Å². The number of fused-ring (bicyclic) bond motifs is 1. The molecule has 1 aromatic heterocycles. The van der Waals surface area contributed by atoms with Crippen molar-refractivity contribution >= 4 is 11.7 Å². The molecule has 0 radical (unpaired) electrons. The molecule has 9 heteroatoms. The van der Waals surface area contributed by atoms with Crippen molar-refractivity contribution in [3.05, 3.63) is 41.4 Å². The summed E-state index contributed by atoms with van der Waals surface area (Å²) in [5.41, 5.74) is 1.62. The Morgan fingerprint density at radius 1 is 1.35 bits per heavy atom. The number of aromatic nitrogens is 3. The summed E-state index contributed by atoms with van der Waals surface area (Å²) >= 11 is 0. The SMILES string of the molecule is COc1cccc([C@H]2C3=C(CCCC3=O)Nc3ncnn32)c1OC(F)F. The number of alkyl halides is 2. The van der Waals surface area contributed by atoms with Gasteiger partial charge in [-0.15, -0.1) is 0 Å². The third kappa shape index (κ3) is 2.59. The molecule has 0 spiro atoms. The van der Waals surface area contributed by atoms with E-state index < -0.39 is 12.7 Å². The number of ketones is 1. The number of para-hydroxylation sites is 1. The van der Waals surface area contributed by atoms with Crippen LogP contribution in [0.25, 0.3) is 0 Å². The maximum atomic E-state index is 13.0. The molecule has 0 unspecified atom stereocenters. The van der Waals surface area contributed by atoms with Crippen molar-refractivity contribution in [2.24, 2.45) is 0 Å². The van der Waals surface area contributed by atoms with Crippen LogP contribution in [-0.2, 0) is 4.79 Å². The highest BCUT2D eigenvalue weighted by Crippen LogP contribution is 2.45. The molecule has 0 fully saturated rings. The molecule has 0 amide bonds. The van der Waals surface area contributed by atoms with Crippen molar-refractivity contribution in [2.45, 2.75) is 31.9 Å². The van der Waals surface area contributed by atoms with Crippen molar-refractivity contribution in [2.75, 3.05) is 12.4 Å². The molecule has 2 heterocycles. The number of rotatable bonds is 4. The van der Waals surface area contributed by atoms with Gasteiger partial charge in [-0.3, -0.25) is 4.79 Å². The molecule has 0 saturated carbocycles. The Kier molecular flexibility index (Phi) is 4.06. The van der Waals surface area contributed by atoms with Crippen molar-refractivity contribution in [3.8, 4) is 11.5 Å². The molecule has 26 heavy (non-hydrogen) atoms. The first-order valence-electron chi connectivity index (χ1n) is 8.14. The molecule has 136 valence electrons. The van der Waals surface area contributed by atoms with Crippen LogP contribution in [0.2, 0.25) is 0 Å². The van der Waals surface area contributed by atoms with Crippen LogP contribution in [0.3, 0.4) is 0 Å². The number of carbonyl (C=O) groups excluding carboxylic acids is 1. The fourth-order valence-electron chi connectivity index (χ4n) is 3.51. The monoisotopic (exact) mass is 362 g/mol. The van der Waals surface area contributed by atoms with E-state index in [1.54, 1.807) is 12.1 Å². The van der Waals surface area contributed by atoms with Gasteiger partial charge in [-0.05, 0) is 18.9 Å². The van der Waals surface area contributed by atoms with E-state index in [2.05, 4.69) is 15.4 Å². The summed E-state index contributed by atoms with van der Waals surface area (Å²) in [6.45, 7) is -3.03. The van der Waals surface area contributed by atoms with Gasteiger partial charge < -0.3 is 14.8 Å². The molecule has 1 atom stereocenters. The molecule has 0 bridgehead atoms. The van der Waals surface area contributed by atoms with Crippen LogP contribution in [0.5, 0.6) is 11.5 Å². The third-order valence-electron chi connectivity index (χ3n) is 4.54. The van der Waals surface area contributed by atoms with Crippen molar-refractivity contribution in [3.63, 3.8) is 0 Å². The topological polar surface area (TPSA) is 78.3 Å². The highest BCUT2D eigenvalue weighted by molar-refractivity contribution is 5.99. The largest absolute Gasteiger partial charge is 0.493 e. The Balaban J connectivity index is 1.94. The fourth-order valence-corrected chi connectivity index (χ4v) is 3.51. The molecule has 1 aromatic carbocycles. The van der Waals surface area contributed by atoms with Gasteiger partial charge in [0.2, 0.25) is 5.95 Å². The number of hydrogen-bond acceptors (Lipinski definition) is 6. The molecular formula is C17H16F2N4O3. The molecule has 1 aliphatic heterocycles. The van der Waals surface area contributed by atoms with Crippen LogP contribution < -0.4 is 14.8 Å². The van der Waals surface area contributed by atoms with Crippen LogP contribution >= 0.6 is 0 Å². The molecule has 1 N–H and O–H groups in total. The van der Waals surface area contributed by atoms with Crippen LogP contribution in [0.1, 0.15) is 30.9 Å². The average Bonchev–Trinajstić information content (AvgIpc) is 3.08. The van der Waals surface area contributed by atoms with Gasteiger partial charge in [0.15, 0.2) is 17.3 Å². The summed E-state index contributed by atoms with van der Waals surface area (Å²) in [6, 6.07) is 4.12. The quantitative estimate of drug-likeness (QED) is 0.901.